The first-order valence-electron chi connectivity index (χ1n) is 11.0. The summed E-state index contributed by atoms with van der Waals surface area (Å²) in [7, 11) is 3.73. The van der Waals surface area contributed by atoms with Crippen molar-refractivity contribution in [2.24, 2.45) is 7.05 Å². The lowest BCUT2D eigenvalue weighted by atomic mass is 10.0. The summed E-state index contributed by atoms with van der Waals surface area (Å²) in [6.07, 6.45) is -0.343. The van der Waals surface area contributed by atoms with Gasteiger partial charge in [-0.2, -0.15) is 0 Å². The quantitative estimate of drug-likeness (QED) is 0.373. The molecule has 1 aromatic heterocycles. The van der Waals surface area contributed by atoms with Gasteiger partial charge >= 0.3 is 0 Å². The molecule has 2 heterocycles. The topological polar surface area (TPSA) is 46.5 Å². The van der Waals surface area contributed by atoms with Gasteiger partial charge in [0.05, 0.1) is 12.7 Å². The van der Waals surface area contributed by atoms with E-state index in [4.69, 9.17) is 4.74 Å². The lowest BCUT2D eigenvalue weighted by Crippen LogP contribution is -2.43. The van der Waals surface area contributed by atoms with Gasteiger partial charge in [-0.3, -0.25) is 9.69 Å². The average Bonchev–Trinajstić information content (AvgIpc) is 3.16. The number of nitrogens with zero attached hydrogens (tertiary/aromatic N) is 2. The highest BCUT2D eigenvalue weighted by Gasteiger charge is 2.34. The third-order valence-corrected chi connectivity index (χ3v) is 6.53. The fourth-order valence-corrected chi connectivity index (χ4v) is 4.85. The second-order valence-corrected chi connectivity index (χ2v) is 8.32. The molecule has 1 N–H and O–H groups in total. The minimum absolute atomic E-state index is 0.0301. The molecule has 5 aromatic rings. The summed E-state index contributed by atoms with van der Waals surface area (Å²) in [5.74, 6) is 0.725. The number of aromatic nitrogens is 1. The van der Waals surface area contributed by atoms with E-state index in [0.29, 0.717) is 5.56 Å². The number of hydrogen-bond acceptors (Lipinski definition) is 3. The number of carbonyl (C=O) groups excluding carboxylic acids is 1. The summed E-state index contributed by atoms with van der Waals surface area (Å²) >= 11 is 0. The van der Waals surface area contributed by atoms with E-state index < -0.39 is 0 Å². The molecule has 0 unspecified atom stereocenters. The Hall–Kier alpha value is -4.25. The van der Waals surface area contributed by atoms with Gasteiger partial charge in [-0.05, 0) is 60.2 Å². The maximum atomic E-state index is 13.7. The van der Waals surface area contributed by atoms with E-state index in [1.165, 1.54) is 21.8 Å². The Bertz CT molecular complexity index is 1520. The number of carbonyl (C=O) groups is 1. The molecule has 1 atom stereocenters. The number of benzene rings is 4. The summed E-state index contributed by atoms with van der Waals surface area (Å²) in [6.45, 7) is 0. The Kier molecular flexibility index (Phi) is 4.37. The first kappa shape index (κ1) is 19.4. The summed E-state index contributed by atoms with van der Waals surface area (Å²) in [5.41, 5.74) is 5.70. The number of anilines is 2. The molecule has 1 amide bonds. The van der Waals surface area contributed by atoms with Crippen LogP contribution >= 0.6 is 0 Å². The van der Waals surface area contributed by atoms with Crippen molar-refractivity contribution in [3.63, 3.8) is 0 Å². The number of nitrogens with one attached hydrogen (secondary N) is 1. The number of aryl methyl sites for hydroxylation is 1. The van der Waals surface area contributed by atoms with Gasteiger partial charge in [0.15, 0.2) is 0 Å². The molecule has 0 saturated carbocycles. The van der Waals surface area contributed by atoms with Crippen LogP contribution in [0.25, 0.3) is 21.8 Å². The summed E-state index contributed by atoms with van der Waals surface area (Å²) in [5, 5.41) is 5.99. The largest absolute Gasteiger partial charge is 0.497 e. The minimum Gasteiger partial charge on any atom is -0.497 e. The zero-order chi connectivity index (χ0) is 22.5. The van der Waals surface area contributed by atoms with E-state index in [9.17, 15) is 4.79 Å². The maximum absolute atomic E-state index is 13.7. The Morgan fingerprint density at radius 3 is 2.36 bits per heavy atom. The molecule has 0 bridgehead atoms. The van der Waals surface area contributed by atoms with Crippen molar-refractivity contribution in [2.75, 3.05) is 17.3 Å². The van der Waals surface area contributed by atoms with Crippen LogP contribution in [-0.2, 0) is 7.05 Å². The van der Waals surface area contributed by atoms with Crippen LogP contribution in [0.15, 0.2) is 91.0 Å². The van der Waals surface area contributed by atoms with Gasteiger partial charge in [0.1, 0.15) is 11.9 Å². The monoisotopic (exact) mass is 433 g/mol. The zero-order valence-corrected chi connectivity index (χ0v) is 18.4. The van der Waals surface area contributed by atoms with Crippen LogP contribution in [0, 0.1) is 0 Å². The Morgan fingerprint density at radius 2 is 1.55 bits per heavy atom. The van der Waals surface area contributed by atoms with Crippen LogP contribution in [0.5, 0.6) is 5.75 Å². The Labute approximate surface area is 191 Å². The molecule has 1 aliphatic rings. The minimum atomic E-state index is -0.343. The molecule has 0 spiro atoms. The number of rotatable bonds is 3. The predicted molar refractivity (Wildman–Crippen MR) is 133 cm³/mol. The lowest BCUT2D eigenvalue weighted by molar-refractivity contribution is 0.0975. The number of para-hydroxylation sites is 2. The summed E-state index contributed by atoms with van der Waals surface area (Å²) in [4.78, 5) is 15.5. The standard InChI is InChI=1S/C28H23N3O2/c1-30-25-10-6-4-7-21(25)23-17-18(11-16-26(23)30)27-29-24-9-5-3-8-22(24)28(32)31(27)19-12-14-20(33-2)15-13-19/h3-17,27,29H,1-2H3/t27-/m0/s1. The lowest BCUT2D eigenvalue weighted by Gasteiger charge is -2.38. The predicted octanol–water partition coefficient (Wildman–Crippen LogP) is 6.11. The van der Waals surface area contributed by atoms with Crippen LogP contribution in [-0.4, -0.2) is 17.6 Å². The third kappa shape index (κ3) is 2.97. The van der Waals surface area contributed by atoms with Gasteiger partial charge in [-0.15, -0.1) is 0 Å². The highest BCUT2D eigenvalue weighted by molar-refractivity contribution is 6.12. The smallest absolute Gasteiger partial charge is 0.262 e. The SMILES string of the molecule is COc1ccc(N2C(=O)c3ccccc3N[C@@H]2c2ccc3c(c2)c2ccccc2n3C)cc1. The van der Waals surface area contributed by atoms with Crippen molar-refractivity contribution < 1.29 is 9.53 Å². The number of ether oxygens (including phenoxy) is 1. The van der Waals surface area contributed by atoms with E-state index >= 15 is 0 Å². The van der Waals surface area contributed by atoms with Gasteiger partial charge in [0.2, 0.25) is 0 Å². The van der Waals surface area contributed by atoms with E-state index in [1.54, 1.807) is 7.11 Å². The van der Waals surface area contributed by atoms with Crippen molar-refractivity contribution in [2.45, 2.75) is 6.17 Å². The number of amides is 1. The highest BCUT2D eigenvalue weighted by atomic mass is 16.5. The number of methoxy groups -OCH3 is 1. The van der Waals surface area contributed by atoms with Gasteiger partial charge in [-0.1, -0.05) is 36.4 Å². The summed E-state index contributed by atoms with van der Waals surface area (Å²) in [6, 6.07) is 30.2. The molecule has 5 nitrogen and oxygen atoms in total. The van der Waals surface area contributed by atoms with Crippen LogP contribution in [0.4, 0.5) is 11.4 Å². The molecule has 0 radical (unpaired) electrons. The highest BCUT2D eigenvalue weighted by Crippen LogP contribution is 2.39. The van der Waals surface area contributed by atoms with E-state index in [0.717, 1.165) is 22.7 Å². The van der Waals surface area contributed by atoms with Crippen molar-refractivity contribution in [3.8, 4) is 5.75 Å². The first-order chi connectivity index (χ1) is 16.2. The van der Waals surface area contributed by atoms with E-state index in [-0.39, 0.29) is 12.1 Å². The molecule has 1 aliphatic heterocycles. The van der Waals surface area contributed by atoms with Crippen molar-refractivity contribution in [1.29, 1.82) is 0 Å². The average molecular weight is 434 g/mol. The van der Waals surface area contributed by atoms with Gasteiger partial charge < -0.3 is 14.6 Å². The van der Waals surface area contributed by atoms with Crippen molar-refractivity contribution in [3.05, 3.63) is 102 Å². The summed E-state index contributed by atoms with van der Waals surface area (Å²) < 4.78 is 7.53. The second-order valence-electron chi connectivity index (χ2n) is 8.32. The van der Waals surface area contributed by atoms with Gasteiger partial charge in [0, 0.05) is 40.2 Å². The molecule has 0 saturated heterocycles. The third-order valence-electron chi connectivity index (χ3n) is 6.53. The van der Waals surface area contributed by atoms with E-state index in [2.05, 4.69) is 59.4 Å². The van der Waals surface area contributed by atoms with Crippen molar-refractivity contribution >= 4 is 39.1 Å². The van der Waals surface area contributed by atoms with Crippen molar-refractivity contribution in [1.82, 2.24) is 4.57 Å². The molecule has 33 heavy (non-hydrogen) atoms. The molecule has 0 aliphatic carbocycles. The van der Waals surface area contributed by atoms with Crippen LogP contribution < -0.4 is 15.0 Å². The second kappa shape index (κ2) is 7.41. The molecular weight excluding hydrogens is 410 g/mol. The number of hydrogen-bond donors (Lipinski definition) is 1. The molecule has 6 rings (SSSR count). The first-order valence-corrected chi connectivity index (χ1v) is 11.0. The maximum Gasteiger partial charge on any atom is 0.262 e. The van der Waals surface area contributed by atoms with Gasteiger partial charge in [-0.25, -0.2) is 0 Å². The van der Waals surface area contributed by atoms with Gasteiger partial charge in [0.25, 0.3) is 5.91 Å². The number of fused-ring (bicyclic) bond motifs is 4. The fourth-order valence-electron chi connectivity index (χ4n) is 4.85. The normalized spacial score (nSPS) is 15.5. The zero-order valence-electron chi connectivity index (χ0n) is 18.4. The molecule has 5 heteroatoms. The Balaban J connectivity index is 1.54. The van der Waals surface area contributed by atoms with Crippen LogP contribution in [0.3, 0.4) is 0 Å². The van der Waals surface area contributed by atoms with E-state index in [1.807, 2.05) is 53.4 Å². The van der Waals surface area contributed by atoms with Crippen LogP contribution in [0.1, 0.15) is 22.1 Å². The molecule has 4 aromatic carbocycles. The molecule has 162 valence electrons. The molecular formula is C28H23N3O2. The fraction of sp³-hybridized carbons (Fsp3) is 0.107. The molecule has 0 fully saturated rings. The van der Waals surface area contributed by atoms with Crippen LogP contribution in [0.2, 0.25) is 0 Å². The Morgan fingerprint density at radius 1 is 0.818 bits per heavy atom.